The molecule has 0 bridgehead atoms. The number of thioether (sulfide) groups is 1. The van der Waals surface area contributed by atoms with Crippen molar-refractivity contribution in [3.8, 4) is 0 Å². The second kappa shape index (κ2) is 6.69. The van der Waals surface area contributed by atoms with Gasteiger partial charge in [0.2, 0.25) is 0 Å². The molecule has 0 spiro atoms. The smallest absolute Gasteiger partial charge is 0.142 e. The third-order valence-electron chi connectivity index (χ3n) is 4.42. The fourth-order valence-corrected chi connectivity index (χ4v) is 4.23. The lowest BCUT2D eigenvalue weighted by Gasteiger charge is -2.41. The summed E-state index contributed by atoms with van der Waals surface area (Å²) >= 11 is 2.13. The normalized spacial score (nSPS) is 21.4. The first-order chi connectivity index (χ1) is 10.3. The van der Waals surface area contributed by atoms with Crippen molar-refractivity contribution in [2.45, 2.75) is 38.6 Å². The van der Waals surface area contributed by atoms with Crippen LogP contribution in [0.5, 0.6) is 0 Å². The molecule has 21 heavy (non-hydrogen) atoms. The third-order valence-corrected chi connectivity index (χ3v) is 5.71. The molecule has 114 valence electrons. The van der Waals surface area contributed by atoms with Gasteiger partial charge in [0.25, 0.3) is 0 Å². The minimum absolute atomic E-state index is 0.634. The van der Waals surface area contributed by atoms with Crippen molar-refractivity contribution in [3.05, 3.63) is 18.6 Å². The van der Waals surface area contributed by atoms with Crippen LogP contribution in [-0.4, -0.2) is 39.5 Å². The highest BCUT2D eigenvalue weighted by molar-refractivity contribution is 7.99. The van der Waals surface area contributed by atoms with Gasteiger partial charge >= 0.3 is 0 Å². The molecule has 2 aromatic heterocycles. The van der Waals surface area contributed by atoms with Crippen LogP contribution in [0.1, 0.15) is 32.6 Å². The molecule has 0 amide bonds. The molecule has 1 N–H and O–H groups in total. The van der Waals surface area contributed by atoms with E-state index in [4.69, 9.17) is 0 Å². The molecule has 0 radical (unpaired) electrons. The number of rotatable bonds is 7. The van der Waals surface area contributed by atoms with Crippen LogP contribution in [0, 0.1) is 5.92 Å². The summed E-state index contributed by atoms with van der Waals surface area (Å²) in [6, 6.07) is 2.70. The quantitative estimate of drug-likeness (QED) is 0.792. The molecule has 2 heterocycles. The Morgan fingerprint density at radius 2 is 2.24 bits per heavy atom. The molecule has 0 unspecified atom stereocenters. The maximum absolute atomic E-state index is 4.48. The number of fused-ring (bicyclic) bond motifs is 1. The third kappa shape index (κ3) is 3.18. The molecule has 0 aliphatic heterocycles. The van der Waals surface area contributed by atoms with E-state index in [2.05, 4.69) is 51.7 Å². The van der Waals surface area contributed by atoms with Crippen molar-refractivity contribution in [2.24, 2.45) is 5.92 Å². The topological polar surface area (TPSA) is 44.8 Å². The molecule has 1 aliphatic carbocycles. The Hall–Kier alpha value is -1.23. The summed E-state index contributed by atoms with van der Waals surface area (Å²) in [4.78, 5) is 14.2. The standard InChI is InChI=1S/C16H24N4S/c1-3-4-7-21-10-12-8-13(9-12)20(2)16-14-5-6-17-15(14)18-11-19-16/h5-6,11-13H,3-4,7-10H2,1-2H3,(H,17,18,19). The second-order valence-electron chi connectivity index (χ2n) is 5.97. The van der Waals surface area contributed by atoms with Gasteiger partial charge in [-0.3, -0.25) is 0 Å². The lowest BCUT2D eigenvalue weighted by molar-refractivity contribution is 0.286. The maximum atomic E-state index is 4.48. The highest BCUT2D eigenvalue weighted by atomic mass is 32.2. The molecule has 1 fully saturated rings. The number of hydrogen-bond donors (Lipinski definition) is 1. The van der Waals surface area contributed by atoms with Gasteiger partial charge in [0.05, 0.1) is 5.39 Å². The monoisotopic (exact) mass is 304 g/mol. The first-order valence-electron chi connectivity index (χ1n) is 7.88. The molecule has 3 rings (SSSR count). The van der Waals surface area contributed by atoms with Crippen LogP contribution >= 0.6 is 11.8 Å². The van der Waals surface area contributed by atoms with E-state index in [0.717, 1.165) is 22.8 Å². The SMILES string of the molecule is CCCCSCC1CC(N(C)c2ncnc3[nH]ccc23)C1. The highest BCUT2D eigenvalue weighted by Crippen LogP contribution is 2.36. The lowest BCUT2D eigenvalue weighted by atomic mass is 9.81. The van der Waals surface area contributed by atoms with Crippen LogP contribution < -0.4 is 4.90 Å². The minimum atomic E-state index is 0.634. The van der Waals surface area contributed by atoms with Crippen molar-refractivity contribution in [1.82, 2.24) is 15.0 Å². The van der Waals surface area contributed by atoms with Gasteiger partial charge in [0.1, 0.15) is 17.8 Å². The van der Waals surface area contributed by atoms with Crippen LogP contribution in [0.25, 0.3) is 11.0 Å². The van der Waals surface area contributed by atoms with Gasteiger partial charge in [-0.05, 0) is 42.8 Å². The highest BCUT2D eigenvalue weighted by Gasteiger charge is 2.32. The summed E-state index contributed by atoms with van der Waals surface area (Å²) in [5.74, 6) is 4.60. The Kier molecular flexibility index (Phi) is 4.68. The summed E-state index contributed by atoms with van der Waals surface area (Å²) in [7, 11) is 2.17. The number of nitrogens with one attached hydrogen (secondary N) is 1. The van der Waals surface area contributed by atoms with E-state index >= 15 is 0 Å². The van der Waals surface area contributed by atoms with Crippen LogP contribution in [0.2, 0.25) is 0 Å². The lowest BCUT2D eigenvalue weighted by Crippen LogP contribution is -2.44. The van der Waals surface area contributed by atoms with E-state index in [1.165, 1.54) is 37.2 Å². The Labute approximate surface area is 130 Å². The Bertz CT molecular complexity index is 576. The largest absolute Gasteiger partial charge is 0.356 e. The van der Waals surface area contributed by atoms with Gasteiger partial charge in [0, 0.05) is 19.3 Å². The Balaban J connectivity index is 1.53. The molecule has 5 heteroatoms. The molecular formula is C16H24N4S. The van der Waals surface area contributed by atoms with Gasteiger partial charge in [-0.1, -0.05) is 13.3 Å². The van der Waals surface area contributed by atoms with Crippen molar-refractivity contribution in [1.29, 1.82) is 0 Å². The van der Waals surface area contributed by atoms with Crippen LogP contribution in [0.4, 0.5) is 5.82 Å². The fraction of sp³-hybridized carbons (Fsp3) is 0.625. The van der Waals surface area contributed by atoms with E-state index in [1.807, 2.05) is 6.20 Å². The van der Waals surface area contributed by atoms with Crippen LogP contribution in [-0.2, 0) is 0 Å². The molecule has 2 aromatic rings. The van der Waals surface area contributed by atoms with Crippen LogP contribution in [0.15, 0.2) is 18.6 Å². The average Bonchev–Trinajstić information content (AvgIpc) is 2.92. The first-order valence-corrected chi connectivity index (χ1v) is 9.03. The van der Waals surface area contributed by atoms with E-state index < -0.39 is 0 Å². The van der Waals surface area contributed by atoms with E-state index in [-0.39, 0.29) is 0 Å². The molecule has 1 saturated carbocycles. The summed E-state index contributed by atoms with van der Waals surface area (Å²) in [6.45, 7) is 2.26. The predicted octanol–water partition coefficient (Wildman–Crippen LogP) is 3.71. The zero-order valence-corrected chi connectivity index (χ0v) is 13.7. The van der Waals surface area contributed by atoms with Crippen molar-refractivity contribution < 1.29 is 0 Å². The van der Waals surface area contributed by atoms with Gasteiger partial charge in [0.15, 0.2) is 0 Å². The first kappa shape index (κ1) is 14.7. The molecule has 0 saturated heterocycles. The Morgan fingerprint density at radius 3 is 3.05 bits per heavy atom. The van der Waals surface area contributed by atoms with Gasteiger partial charge in [-0.15, -0.1) is 0 Å². The number of hydrogen-bond acceptors (Lipinski definition) is 4. The molecule has 0 atom stereocenters. The van der Waals surface area contributed by atoms with E-state index in [1.54, 1.807) is 6.33 Å². The Morgan fingerprint density at radius 1 is 1.38 bits per heavy atom. The van der Waals surface area contributed by atoms with Gasteiger partial charge in [-0.2, -0.15) is 11.8 Å². The number of anilines is 1. The number of aromatic amines is 1. The van der Waals surface area contributed by atoms with Gasteiger partial charge < -0.3 is 9.88 Å². The van der Waals surface area contributed by atoms with Gasteiger partial charge in [-0.25, -0.2) is 9.97 Å². The molecule has 0 aromatic carbocycles. The number of aromatic nitrogens is 3. The summed E-state index contributed by atoms with van der Waals surface area (Å²) in [6.07, 6.45) is 8.85. The van der Waals surface area contributed by atoms with Crippen molar-refractivity contribution >= 4 is 28.6 Å². The number of unbranched alkanes of at least 4 members (excludes halogenated alkanes) is 1. The number of H-pyrrole nitrogens is 1. The summed E-state index contributed by atoms with van der Waals surface area (Å²) in [5, 5.41) is 1.13. The average molecular weight is 304 g/mol. The fourth-order valence-electron chi connectivity index (χ4n) is 2.96. The van der Waals surface area contributed by atoms with E-state index in [0.29, 0.717) is 6.04 Å². The summed E-state index contributed by atoms with van der Waals surface area (Å²) in [5.41, 5.74) is 0.929. The predicted molar refractivity (Wildman–Crippen MR) is 91.0 cm³/mol. The van der Waals surface area contributed by atoms with Crippen molar-refractivity contribution in [3.63, 3.8) is 0 Å². The number of nitrogens with zero attached hydrogens (tertiary/aromatic N) is 3. The maximum Gasteiger partial charge on any atom is 0.142 e. The summed E-state index contributed by atoms with van der Waals surface area (Å²) < 4.78 is 0. The zero-order valence-electron chi connectivity index (χ0n) is 12.9. The van der Waals surface area contributed by atoms with Crippen LogP contribution in [0.3, 0.4) is 0 Å². The molecular weight excluding hydrogens is 280 g/mol. The molecule has 4 nitrogen and oxygen atoms in total. The molecule has 1 aliphatic rings. The second-order valence-corrected chi connectivity index (χ2v) is 7.12. The minimum Gasteiger partial charge on any atom is -0.356 e. The van der Waals surface area contributed by atoms with E-state index in [9.17, 15) is 0 Å². The van der Waals surface area contributed by atoms with Crippen molar-refractivity contribution in [2.75, 3.05) is 23.5 Å². The zero-order chi connectivity index (χ0) is 14.7.